The molecular weight excluding hydrogens is 256 g/mol. The molecule has 0 aliphatic rings. The number of hydrogen-bond acceptors (Lipinski definition) is 1. The third-order valence-corrected chi connectivity index (χ3v) is 3.67. The van der Waals surface area contributed by atoms with Crippen molar-refractivity contribution in [1.82, 2.24) is 9.78 Å². The van der Waals surface area contributed by atoms with Gasteiger partial charge in [-0.25, -0.2) is 0 Å². The summed E-state index contributed by atoms with van der Waals surface area (Å²) in [7, 11) is 0. The molecule has 0 fully saturated rings. The molecule has 0 saturated carbocycles. The molecule has 3 rings (SSSR count). The first kappa shape index (κ1) is 13.6. The quantitative estimate of drug-likeness (QED) is 0.688. The van der Waals surface area contributed by atoms with Crippen molar-refractivity contribution in [3.05, 3.63) is 89.2 Å². The van der Waals surface area contributed by atoms with Crippen LogP contribution in [0.25, 0.3) is 0 Å². The number of rotatable bonds is 5. The van der Waals surface area contributed by atoms with E-state index in [1.165, 1.54) is 16.8 Å². The summed E-state index contributed by atoms with van der Waals surface area (Å²) >= 11 is 0. The molecule has 0 N–H and O–H groups in total. The summed E-state index contributed by atoms with van der Waals surface area (Å²) in [5.41, 5.74) is 5.07. The van der Waals surface area contributed by atoms with Crippen molar-refractivity contribution in [2.45, 2.75) is 26.3 Å². The Balaban J connectivity index is 1.73. The molecule has 2 nitrogen and oxygen atoms in total. The Morgan fingerprint density at radius 3 is 2.10 bits per heavy atom. The van der Waals surface area contributed by atoms with E-state index in [9.17, 15) is 0 Å². The van der Waals surface area contributed by atoms with Crippen LogP contribution in [0.4, 0.5) is 0 Å². The minimum atomic E-state index is 0.846. The van der Waals surface area contributed by atoms with E-state index in [1.54, 1.807) is 0 Å². The van der Waals surface area contributed by atoms with Crippen molar-refractivity contribution in [1.29, 1.82) is 0 Å². The molecule has 0 aliphatic carbocycles. The summed E-state index contributed by atoms with van der Waals surface area (Å²) in [5, 5.41) is 4.63. The molecule has 21 heavy (non-hydrogen) atoms. The second kappa shape index (κ2) is 6.40. The van der Waals surface area contributed by atoms with E-state index in [0.717, 1.165) is 25.1 Å². The maximum absolute atomic E-state index is 4.63. The van der Waals surface area contributed by atoms with E-state index in [2.05, 4.69) is 77.4 Å². The van der Waals surface area contributed by atoms with Gasteiger partial charge in [0.2, 0.25) is 0 Å². The van der Waals surface area contributed by atoms with Crippen LogP contribution in [0.2, 0.25) is 0 Å². The van der Waals surface area contributed by atoms with Gasteiger partial charge < -0.3 is 0 Å². The Hall–Kier alpha value is -2.35. The lowest BCUT2D eigenvalue weighted by Gasteiger charge is -2.08. The van der Waals surface area contributed by atoms with Crippen LogP contribution in [0, 0.1) is 6.92 Å². The van der Waals surface area contributed by atoms with E-state index in [0.29, 0.717) is 0 Å². The Bertz CT molecular complexity index is 684. The maximum Gasteiger partial charge on any atom is 0.0662 e. The monoisotopic (exact) mass is 276 g/mol. The molecule has 0 amide bonds. The standard InChI is InChI=1S/C19H20N2/c1-16-14-19(13-12-17-8-4-2-5-9-17)21(20-16)15-18-10-6-3-7-11-18/h2-11,14H,12-13,15H2,1H3. The van der Waals surface area contributed by atoms with Crippen LogP contribution in [0.5, 0.6) is 0 Å². The molecule has 3 aromatic rings. The average molecular weight is 276 g/mol. The van der Waals surface area contributed by atoms with E-state index < -0.39 is 0 Å². The largest absolute Gasteiger partial charge is 0.265 e. The number of nitrogens with zero attached hydrogens (tertiary/aromatic N) is 2. The first-order valence-electron chi connectivity index (χ1n) is 7.42. The number of aromatic nitrogens is 2. The minimum absolute atomic E-state index is 0.846. The molecular formula is C19H20N2. The molecule has 0 bridgehead atoms. The molecule has 0 radical (unpaired) electrons. The van der Waals surface area contributed by atoms with Crippen LogP contribution in [0.15, 0.2) is 66.7 Å². The highest BCUT2D eigenvalue weighted by atomic mass is 15.3. The molecule has 1 heterocycles. The fourth-order valence-electron chi connectivity index (χ4n) is 2.61. The molecule has 1 aromatic heterocycles. The summed E-state index contributed by atoms with van der Waals surface area (Å²) in [6, 6.07) is 23.3. The van der Waals surface area contributed by atoms with Gasteiger partial charge in [0, 0.05) is 5.69 Å². The van der Waals surface area contributed by atoms with Gasteiger partial charge in [0.1, 0.15) is 0 Å². The molecule has 106 valence electrons. The van der Waals surface area contributed by atoms with E-state index in [-0.39, 0.29) is 0 Å². The van der Waals surface area contributed by atoms with E-state index in [4.69, 9.17) is 0 Å². The molecule has 2 aromatic carbocycles. The number of aryl methyl sites for hydroxylation is 3. The van der Waals surface area contributed by atoms with Crippen molar-refractivity contribution in [2.75, 3.05) is 0 Å². The van der Waals surface area contributed by atoms with Crippen LogP contribution in [0.1, 0.15) is 22.5 Å². The fourth-order valence-corrected chi connectivity index (χ4v) is 2.61. The van der Waals surface area contributed by atoms with Crippen molar-refractivity contribution in [2.24, 2.45) is 0 Å². The lowest BCUT2D eigenvalue weighted by Crippen LogP contribution is -2.07. The predicted molar refractivity (Wildman–Crippen MR) is 86.4 cm³/mol. The van der Waals surface area contributed by atoms with E-state index >= 15 is 0 Å². The Morgan fingerprint density at radius 1 is 0.810 bits per heavy atom. The van der Waals surface area contributed by atoms with Crippen LogP contribution in [-0.2, 0) is 19.4 Å². The van der Waals surface area contributed by atoms with Gasteiger partial charge in [0.25, 0.3) is 0 Å². The summed E-state index contributed by atoms with van der Waals surface area (Å²) in [5.74, 6) is 0. The van der Waals surface area contributed by atoms with Gasteiger partial charge in [-0.3, -0.25) is 4.68 Å². The van der Waals surface area contributed by atoms with Crippen molar-refractivity contribution in [3.8, 4) is 0 Å². The molecule has 0 atom stereocenters. The molecule has 0 aliphatic heterocycles. The van der Waals surface area contributed by atoms with E-state index in [1.807, 2.05) is 6.07 Å². The number of benzene rings is 2. The maximum atomic E-state index is 4.63. The van der Waals surface area contributed by atoms with Crippen molar-refractivity contribution in [3.63, 3.8) is 0 Å². The van der Waals surface area contributed by atoms with Gasteiger partial charge in [-0.2, -0.15) is 5.10 Å². The summed E-state index contributed by atoms with van der Waals surface area (Å²) in [6.07, 6.45) is 2.08. The molecule has 2 heteroatoms. The Morgan fingerprint density at radius 2 is 1.43 bits per heavy atom. The Labute approximate surface area is 126 Å². The third kappa shape index (κ3) is 3.60. The van der Waals surface area contributed by atoms with Crippen molar-refractivity contribution < 1.29 is 0 Å². The summed E-state index contributed by atoms with van der Waals surface area (Å²) in [6.45, 7) is 2.91. The third-order valence-electron chi connectivity index (χ3n) is 3.67. The van der Waals surface area contributed by atoms with Crippen molar-refractivity contribution >= 4 is 0 Å². The lowest BCUT2D eigenvalue weighted by molar-refractivity contribution is 0.636. The second-order valence-corrected chi connectivity index (χ2v) is 5.41. The molecule has 0 saturated heterocycles. The first-order chi connectivity index (χ1) is 10.3. The normalized spacial score (nSPS) is 10.7. The smallest absolute Gasteiger partial charge is 0.0662 e. The van der Waals surface area contributed by atoms with Crippen LogP contribution >= 0.6 is 0 Å². The topological polar surface area (TPSA) is 17.8 Å². The zero-order valence-electron chi connectivity index (χ0n) is 12.4. The zero-order valence-corrected chi connectivity index (χ0v) is 12.4. The first-order valence-corrected chi connectivity index (χ1v) is 7.42. The number of hydrogen-bond donors (Lipinski definition) is 0. The SMILES string of the molecule is Cc1cc(CCc2ccccc2)n(Cc2ccccc2)n1. The van der Waals surface area contributed by atoms with Gasteiger partial charge in [-0.15, -0.1) is 0 Å². The summed E-state index contributed by atoms with van der Waals surface area (Å²) in [4.78, 5) is 0. The Kier molecular flexibility index (Phi) is 4.15. The summed E-state index contributed by atoms with van der Waals surface area (Å²) < 4.78 is 2.13. The van der Waals surface area contributed by atoms with Gasteiger partial charge >= 0.3 is 0 Å². The van der Waals surface area contributed by atoms with Gasteiger partial charge in [0.15, 0.2) is 0 Å². The highest BCUT2D eigenvalue weighted by Gasteiger charge is 2.06. The predicted octanol–water partition coefficient (Wildman–Crippen LogP) is 4.03. The fraction of sp³-hybridized carbons (Fsp3) is 0.211. The van der Waals surface area contributed by atoms with Gasteiger partial charge in [-0.05, 0) is 37.0 Å². The molecule has 0 unspecified atom stereocenters. The zero-order chi connectivity index (χ0) is 14.5. The van der Waals surface area contributed by atoms with Gasteiger partial charge in [0.05, 0.1) is 12.2 Å². The highest BCUT2D eigenvalue weighted by molar-refractivity contribution is 5.20. The lowest BCUT2D eigenvalue weighted by atomic mass is 10.1. The second-order valence-electron chi connectivity index (χ2n) is 5.41. The molecule has 0 spiro atoms. The average Bonchev–Trinajstić information content (AvgIpc) is 2.87. The highest BCUT2D eigenvalue weighted by Crippen LogP contribution is 2.11. The van der Waals surface area contributed by atoms with Crippen LogP contribution in [-0.4, -0.2) is 9.78 Å². The van der Waals surface area contributed by atoms with Crippen LogP contribution in [0.3, 0.4) is 0 Å². The minimum Gasteiger partial charge on any atom is -0.265 e. The van der Waals surface area contributed by atoms with Crippen LogP contribution < -0.4 is 0 Å². The van der Waals surface area contributed by atoms with Gasteiger partial charge in [-0.1, -0.05) is 60.7 Å².